The molecule has 1 aliphatic heterocycles. The Bertz CT molecular complexity index is 878. The molecule has 5 nitrogen and oxygen atoms in total. The molecule has 0 unspecified atom stereocenters. The van der Waals surface area contributed by atoms with Crippen LogP contribution in [-0.4, -0.2) is 38.4 Å². The zero-order valence-corrected chi connectivity index (χ0v) is 13.9. The summed E-state index contributed by atoms with van der Waals surface area (Å²) >= 11 is 6.24. The van der Waals surface area contributed by atoms with Crippen molar-refractivity contribution in [3.05, 3.63) is 59.8 Å². The number of piperidine rings is 1. The van der Waals surface area contributed by atoms with Gasteiger partial charge in [-0.3, -0.25) is 9.78 Å². The first kappa shape index (κ1) is 15.1. The van der Waals surface area contributed by atoms with Crippen molar-refractivity contribution in [2.45, 2.75) is 18.9 Å². The van der Waals surface area contributed by atoms with Crippen LogP contribution in [0.3, 0.4) is 0 Å². The number of imidazole rings is 1. The van der Waals surface area contributed by atoms with Crippen molar-refractivity contribution in [1.82, 2.24) is 19.4 Å². The second-order valence-corrected chi connectivity index (χ2v) is 6.46. The zero-order chi connectivity index (χ0) is 16.5. The summed E-state index contributed by atoms with van der Waals surface area (Å²) in [6, 6.07) is 7.55. The summed E-state index contributed by atoms with van der Waals surface area (Å²) in [6.45, 7) is 1.45. The summed E-state index contributed by atoms with van der Waals surface area (Å²) in [5.41, 5.74) is 1.28. The Morgan fingerprint density at radius 2 is 2.17 bits per heavy atom. The number of pyridine rings is 1. The standard InChI is InChI=1S/C18H17ClN4O/c19-16-6-5-15(17-14(16)4-1-7-21-17)18(24)22-9-2-3-13(11-22)23-10-8-20-12-23/h1,4-8,10,12-13H,2-3,9,11H2/t13-/m0/s1. The number of halogens is 1. The van der Waals surface area contributed by atoms with Crippen LogP contribution in [0.15, 0.2) is 49.2 Å². The van der Waals surface area contributed by atoms with Crippen molar-refractivity contribution in [3.8, 4) is 0 Å². The van der Waals surface area contributed by atoms with Crippen LogP contribution >= 0.6 is 11.6 Å². The lowest BCUT2D eigenvalue weighted by Gasteiger charge is -2.33. The van der Waals surface area contributed by atoms with Crippen molar-refractivity contribution < 1.29 is 4.79 Å². The van der Waals surface area contributed by atoms with E-state index in [1.54, 1.807) is 24.5 Å². The minimum atomic E-state index is 0.0141. The minimum absolute atomic E-state index is 0.0141. The summed E-state index contributed by atoms with van der Waals surface area (Å²) in [6.07, 6.45) is 9.28. The average Bonchev–Trinajstić information content (AvgIpc) is 3.17. The van der Waals surface area contributed by atoms with Crippen LogP contribution in [0, 0.1) is 0 Å². The number of amides is 1. The van der Waals surface area contributed by atoms with Gasteiger partial charge in [-0.1, -0.05) is 11.6 Å². The summed E-state index contributed by atoms with van der Waals surface area (Å²) in [4.78, 5) is 23.5. The summed E-state index contributed by atoms with van der Waals surface area (Å²) < 4.78 is 2.08. The van der Waals surface area contributed by atoms with Gasteiger partial charge in [0, 0.05) is 37.1 Å². The van der Waals surface area contributed by atoms with Crippen LogP contribution in [0.5, 0.6) is 0 Å². The molecule has 4 rings (SSSR count). The van der Waals surface area contributed by atoms with Gasteiger partial charge in [-0.15, -0.1) is 0 Å². The normalized spacial score (nSPS) is 18.0. The largest absolute Gasteiger partial charge is 0.337 e. The first-order chi connectivity index (χ1) is 11.7. The highest BCUT2D eigenvalue weighted by Crippen LogP contribution is 2.28. The van der Waals surface area contributed by atoms with Crippen LogP contribution in [0.2, 0.25) is 5.02 Å². The van der Waals surface area contributed by atoms with Gasteiger partial charge in [0.1, 0.15) is 0 Å². The lowest BCUT2D eigenvalue weighted by atomic mass is 10.0. The van der Waals surface area contributed by atoms with E-state index in [-0.39, 0.29) is 11.9 Å². The molecular formula is C18H17ClN4O. The molecule has 0 spiro atoms. The van der Waals surface area contributed by atoms with E-state index in [0.717, 1.165) is 24.8 Å². The van der Waals surface area contributed by atoms with Crippen molar-refractivity contribution in [1.29, 1.82) is 0 Å². The Morgan fingerprint density at radius 1 is 1.25 bits per heavy atom. The molecule has 6 heteroatoms. The molecule has 2 aromatic heterocycles. The van der Waals surface area contributed by atoms with Crippen molar-refractivity contribution >= 4 is 28.4 Å². The predicted octanol–water partition coefficient (Wildman–Crippen LogP) is 3.56. The van der Waals surface area contributed by atoms with Gasteiger partial charge >= 0.3 is 0 Å². The van der Waals surface area contributed by atoms with E-state index in [1.807, 2.05) is 29.6 Å². The lowest BCUT2D eigenvalue weighted by Crippen LogP contribution is -2.40. The Labute approximate surface area is 144 Å². The monoisotopic (exact) mass is 340 g/mol. The van der Waals surface area contributed by atoms with Gasteiger partial charge in [0.15, 0.2) is 0 Å². The van der Waals surface area contributed by atoms with E-state index in [2.05, 4.69) is 14.5 Å². The maximum atomic E-state index is 13.1. The van der Waals surface area contributed by atoms with Gasteiger partial charge in [0.05, 0.1) is 28.5 Å². The molecule has 0 N–H and O–H groups in total. The highest BCUT2D eigenvalue weighted by Gasteiger charge is 2.26. The smallest absolute Gasteiger partial charge is 0.256 e. The maximum absolute atomic E-state index is 13.1. The van der Waals surface area contributed by atoms with Gasteiger partial charge in [-0.25, -0.2) is 4.98 Å². The number of aromatic nitrogens is 3. The molecular weight excluding hydrogens is 324 g/mol. The fraction of sp³-hybridized carbons (Fsp3) is 0.278. The molecule has 122 valence electrons. The molecule has 1 aromatic carbocycles. The lowest BCUT2D eigenvalue weighted by molar-refractivity contribution is 0.0681. The molecule has 0 saturated carbocycles. The highest BCUT2D eigenvalue weighted by molar-refractivity contribution is 6.36. The molecule has 3 heterocycles. The SMILES string of the molecule is O=C(c1ccc(Cl)c2cccnc12)N1CCC[C@H](n2ccnc2)C1. The zero-order valence-electron chi connectivity index (χ0n) is 13.1. The van der Waals surface area contributed by atoms with Crippen molar-refractivity contribution in [2.24, 2.45) is 0 Å². The summed E-state index contributed by atoms with van der Waals surface area (Å²) in [5, 5.41) is 1.43. The van der Waals surface area contributed by atoms with Crippen LogP contribution in [0.1, 0.15) is 29.2 Å². The number of benzene rings is 1. The second-order valence-electron chi connectivity index (χ2n) is 6.05. The minimum Gasteiger partial charge on any atom is -0.337 e. The van der Waals surface area contributed by atoms with E-state index in [0.29, 0.717) is 22.6 Å². The number of hydrogen-bond acceptors (Lipinski definition) is 3. The van der Waals surface area contributed by atoms with E-state index >= 15 is 0 Å². The number of hydrogen-bond donors (Lipinski definition) is 0. The molecule has 0 radical (unpaired) electrons. The Morgan fingerprint density at radius 3 is 3.00 bits per heavy atom. The Hall–Kier alpha value is -2.40. The number of likely N-dealkylation sites (tertiary alicyclic amines) is 1. The third-order valence-corrected chi connectivity index (χ3v) is 4.91. The average molecular weight is 341 g/mol. The predicted molar refractivity (Wildman–Crippen MR) is 93.2 cm³/mol. The molecule has 0 aliphatic carbocycles. The molecule has 1 aliphatic rings. The van der Waals surface area contributed by atoms with Crippen molar-refractivity contribution in [2.75, 3.05) is 13.1 Å². The number of carbonyl (C=O) groups excluding carboxylic acids is 1. The molecule has 1 fully saturated rings. The third kappa shape index (κ3) is 2.65. The first-order valence-electron chi connectivity index (χ1n) is 8.04. The van der Waals surface area contributed by atoms with E-state index in [4.69, 9.17) is 11.6 Å². The molecule has 3 aromatic rings. The number of carbonyl (C=O) groups is 1. The number of rotatable bonds is 2. The molecule has 1 amide bonds. The number of fused-ring (bicyclic) bond motifs is 1. The molecule has 24 heavy (non-hydrogen) atoms. The fourth-order valence-electron chi connectivity index (χ4n) is 3.35. The van der Waals surface area contributed by atoms with Crippen molar-refractivity contribution in [3.63, 3.8) is 0 Å². The summed E-state index contributed by atoms with van der Waals surface area (Å²) in [7, 11) is 0. The molecule has 0 bridgehead atoms. The third-order valence-electron chi connectivity index (χ3n) is 4.58. The first-order valence-corrected chi connectivity index (χ1v) is 8.42. The van der Waals surface area contributed by atoms with E-state index in [9.17, 15) is 4.79 Å². The highest BCUT2D eigenvalue weighted by atomic mass is 35.5. The summed E-state index contributed by atoms with van der Waals surface area (Å²) in [5.74, 6) is 0.0141. The van der Waals surface area contributed by atoms with Crippen LogP contribution in [0.25, 0.3) is 10.9 Å². The number of nitrogens with zero attached hydrogens (tertiary/aromatic N) is 4. The topological polar surface area (TPSA) is 51.0 Å². The quantitative estimate of drug-likeness (QED) is 0.716. The van der Waals surface area contributed by atoms with Gasteiger partial charge in [-0.05, 0) is 37.1 Å². The van der Waals surface area contributed by atoms with Gasteiger partial charge in [0.2, 0.25) is 0 Å². The maximum Gasteiger partial charge on any atom is 0.256 e. The van der Waals surface area contributed by atoms with Crippen LogP contribution < -0.4 is 0 Å². The van der Waals surface area contributed by atoms with Gasteiger partial charge < -0.3 is 9.47 Å². The molecule has 1 saturated heterocycles. The Kier molecular flexibility index (Phi) is 3.94. The van der Waals surface area contributed by atoms with Crippen LogP contribution in [0.4, 0.5) is 0 Å². The molecule has 1 atom stereocenters. The fourth-order valence-corrected chi connectivity index (χ4v) is 3.56. The second kappa shape index (κ2) is 6.24. The van der Waals surface area contributed by atoms with Gasteiger partial charge in [0.25, 0.3) is 5.91 Å². The van der Waals surface area contributed by atoms with E-state index < -0.39 is 0 Å². The Balaban J connectivity index is 1.65. The van der Waals surface area contributed by atoms with Gasteiger partial charge in [-0.2, -0.15) is 0 Å². The van der Waals surface area contributed by atoms with Crippen LogP contribution in [-0.2, 0) is 0 Å². The van der Waals surface area contributed by atoms with E-state index in [1.165, 1.54) is 0 Å².